The number of nitrogens with zero attached hydrogens (tertiary/aromatic N) is 3. The van der Waals surface area contributed by atoms with Crippen molar-refractivity contribution in [1.82, 2.24) is 0 Å². The third-order valence-electron chi connectivity index (χ3n) is 5.84. The van der Waals surface area contributed by atoms with E-state index in [1.54, 1.807) is 48.5 Å². The highest BCUT2D eigenvalue weighted by Gasteiger charge is 2.17. The lowest BCUT2D eigenvalue weighted by molar-refractivity contribution is -0.757. The Hall–Kier alpha value is -5.28. The summed E-state index contributed by atoms with van der Waals surface area (Å²) < 4.78 is 15.7. The first-order chi connectivity index (χ1) is 21.1. The first-order valence-electron chi connectivity index (χ1n) is 13.7. The molecule has 0 spiro atoms. The fourth-order valence-electron chi connectivity index (χ4n) is 3.93. The predicted octanol–water partition coefficient (Wildman–Crippen LogP) is 2.94. The Kier molecular flexibility index (Phi) is 15.7. The highest BCUT2D eigenvalue weighted by molar-refractivity contribution is 5.97. The van der Waals surface area contributed by atoms with Gasteiger partial charge in [0.1, 0.15) is 29.9 Å². The molecule has 0 aliphatic rings. The van der Waals surface area contributed by atoms with Gasteiger partial charge in [-0.05, 0) is 73.9 Å². The van der Waals surface area contributed by atoms with Crippen LogP contribution in [0.5, 0.6) is 11.5 Å². The Balaban J connectivity index is 1.74. The first kappa shape index (κ1) is 34.9. The van der Waals surface area contributed by atoms with E-state index in [-0.39, 0.29) is 57.1 Å². The summed E-state index contributed by atoms with van der Waals surface area (Å²) >= 11 is 0. The van der Waals surface area contributed by atoms with Crippen LogP contribution >= 0.6 is 0 Å². The normalized spacial score (nSPS) is 11.6. The third-order valence-corrected chi connectivity index (χ3v) is 5.84. The molecule has 44 heavy (non-hydrogen) atoms. The van der Waals surface area contributed by atoms with Gasteiger partial charge in [0.25, 0.3) is 16.6 Å². The number of esters is 2. The highest BCUT2D eigenvalue weighted by Crippen LogP contribution is 2.18. The zero-order chi connectivity index (χ0) is 32.2. The fourth-order valence-corrected chi connectivity index (χ4v) is 3.93. The molecule has 2 rings (SSSR count). The molecule has 0 radical (unpaired) electrons. The zero-order valence-corrected chi connectivity index (χ0v) is 23.9. The maximum absolute atomic E-state index is 12.4. The molecule has 16 heteroatoms. The van der Waals surface area contributed by atoms with Crippen LogP contribution in [0.15, 0.2) is 53.5 Å². The maximum atomic E-state index is 12.4. The van der Waals surface area contributed by atoms with Crippen molar-refractivity contribution in [2.75, 3.05) is 19.8 Å². The summed E-state index contributed by atoms with van der Waals surface area (Å²) in [5.74, 6) is -0.624. The average molecular weight is 619 g/mol. The third kappa shape index (κ3) is 15.6. The van der Waals surface area contributed by atoms with Crippen molar-refractivity contribution in [3.05, 3.63) is 79.9 Å². The van der Waals surface area contributed by atoms with Gasteiger partial charge in [0.2, 0.25) is 0 Å². The van der Waals surface area contributed by atoms with Crippen molar-refractivity contribution in [3.8, 4) is 11.5 Å². The van der Waals surface area contributed by atoms with Crippen LogP contribution in [-0.4, -0.2) is 60.3 Å². The van der Waals surface area contributed by atoms with E-state index in [4.69, 9.17) is 19.9 Å². The van der Waals surface area contributed by atoms with Crippen LogP contribution in [0.3, 0.4) is 0 Å². The molecule has 2 aromatic carbocycles. The monoisotopic (exact) mass is 618 g/mol. The van der Waals surface area contributed by atoms with Crippen molar-refractivity contribution in [2.24, 2.45) is 10.7 Å². The van der Waals surface area contributed by atoms with Gasteiger partial charge >= 0.3 is 11.9 Å². The maximum Gasteiger partial charge on any atom is 0.318 e. The molecule has 0 saturated heterocycles. The topological polar surface area (TPSA) is 222 Å². The minimum Gasteiger partial charge on any atom is -0.464 e. The van der Waals surface area contributed by atoms with Crippen molar-refractivity contribution < 1.29 is 48.4 Å². The molecule has 0 heterocycles. The zero-order valence-electron chi connectivity index (χ0n) is 23.9. The molecule has 0 amide bonds. The molecule has 2 N–H and O–H groups in total. The second-order valence-electron chi connectivity index (χ2n) is 9.31. The summed E-state index contributed by atoms with van der Waals surface area (Å²) in [4.78, 5) is 68.8. The summed E-state index contributed by atoms with van der Waals surface area (Å²) in [6.45, 7) is 0.357. The molecule has 0 saturated carbocycles. The summed E-state index contributed by atoms with van der Waals surface area (Å²) in [6, 6.07) is 13.4. The summed E-state index contributed by atoms with van der Waals surface area (Å²) in [6.07, 6.45) is 1.25. The molecule has 1 unspecified atom stereocenters. The van der Waals surface area contributed by atoms with E-state index in [2.05, 4.69) is 14.7 Å². The smallest absolute Gasteiger partial charge is 0.318 e. The molecule has 238 valence electrons. The molecule has 0 fully saturated rings. The van der Waals surface area contributed by atoms with Gasteiger partial charge in [-0.2, -0.15) is 0 Å². The lowest BCUT2D eigenvalue weighted by Gasteiger charge is -2.14. The van der Waals surface area contributed by atoms with Gasteiger partial charge in [-0.25, -0.2) is 0 Å². The van der Waals surface area contributed by atoms with Crippen LogP contribution in [0, 0.1) is 20.2 Å². The number of amidine groups is 1. The van der Waals surface area contributed by atoms with E-state index >= 15 is 0 Å². The van der Waals surface area contributed by atoms with Crippen molar-refractivity contribution in [2.45, 2.75) is 57.5 Å². The molecule has 0 bridgehead atoms. The van der Waals surface area contributed by atoms with E-state index < -0.39 is 28.2 Å². The molecule has 2 aromatic rings. The minimum absolute atomic E-state index is 0.0418. The number of hydrogen-bond donors (Lipinski definition) is 1. The van der Waals surface area contributed by atoms with Crippen molar-refractivity contribution in [3.63, 3.8) is 0 Å². The lowest BCUT2D eigenvalue weighted by Crippen LogP contribution is -2.22. The van der Waals surface area contributed by atoms with E-state index in [0.29, 0.717) is 37.9 Å². The van der Waals surface area contributed by atoms with Gasteiger partial charge in [-0.3, -0.25) is 19.4 Å². The Bertz CT molecular complexity index is 1290. The summed E-state index contributed by atoms with van der Waals surface area (Å²) in [7, 11) is 0. The van der Waals surface area contributed by atoms with Crippen LogP contribution in [-0.2, 0) is 41.6 Å². The number of rotatable bonds is 22. The molecule has 0 aliphatic carbocycles. The van der Waals surface area contributed by atoms with E-state index in [0.717, 1.165) is 11.1 Å². The molecular formula is C28H34N4O12. The second kappa shape index (κ2) is 19.8. The Morgan fingerprint density at radius 2 is 1.41 bits per heavy atom. The Morgan fingerprint density at radius 3 is 1.93 bits per heavy atom. The Labute approximate surface area is 252 Å². The van der Waals surface area contributed by atoms with Gasteiger partial charge in [-0.15, -0.1) is 20.2 Å². The quantitative estimate of drug-likeness (QED) is 0.0293. The first-order valence-corrected chi connectivity index (χ1v) is 13.7. The largest absolute Gasteiger partial charge is 0.464 e. The number of aliphatic imine (C=N–C) groups is 1. The SMILES string of the molecule is NC(CC(=O)Oc1cccc(CCCO[N+](=O)[O-])c1)=NCCCC(CC(=O)Oc1cccc(CCCO[N+](=O)[O-])c1)OC=O. The Morgan fingerprint density at radius 1 is 0.864 bits per heavy atom. The molecule has 0 aliphatic heterocycles. The van der Waals surface area contributed by atoms with Gasteiger partial charge in [-0.1, -0.05) is 24.3 Å². The summed E-state index contributed by atoms with van der Waals surface area (Å²) in [5.41, 5.74) is 7.46. The average Bonchev–Trinajstić information content (AvgIpc) is 2.96. The van der Waals surface area contributed by atoms with Crippen LogP contribution < -0.4 is 15.2 Å². The number of ether oxygens (including phenoxy) is 3. The molecular weight excluding hydrogens is 584 g/mol. The molecule has 16 nitrogen and oxygen atoms in total. The second-order valence-corrected chi connectivity index (χ2v) is 9.31. The number of carbonyl (C=O) groups excluding carboxylic acids is 3. The predicted molar refractivity (Wildman–Crippen MR) is 153 cm³/mol. The molecule has 1 atom stereocenters. The molecule has 0 aromatic heterocycles. The van der Waals surface area contributed by atoms with E-state index in [1.165, 1.54) is 0 Å². The van der Waals surface area contributed by atoms with Gasteiger partial charge < -0.3 is 29.6 Å². The number of aryl methyl sites for hydroxylation is 2. The number of carbonyl (C=O) groups is 3. The fraction of sp³-hybridized carbons (Fsp3) is 0.429. The van der Waals surface area contributed by atoms with Crippen LogP contribution in [0.25, 0.3) is 0 Å². The minimum atomic E-state index is -0.858. The van der Waals surface area contributed by atoms with Crippen molar-refractivity contribution in [1.29, 1.82) is 0 Å². The number of hydrogen-bond acceptors (Lipinski definition) is 13. The lowest BCUT2D eigenvalue weighted by atomic mass is 10.1. The van der Waals surface area contributed by atoms with Crippen LogP contribution in [0.4, 0.5) is 0 Å². The van der Waals surface area contributed by atoms with E-state index in [9.17, 15) is 34.6 Å². The van der Waals surface area contributed by atoms with Gasteiger partial charge in [0.15, 0.2) is 0 Å². The van der Waals surface area contributed by atoms with Crippen LogP contribution in [0.2, 0.25) is 0 Å². The highest BCUT2D eigenvalue weighted by atomic mass is 17.0. The standard InChI is InChI=1S/C28H34N4O12/c29-26(19-28(35)44-25-11-2-7-22(17-25)9-5-15-42-32(38)39)30-13-3-12-23(40-20-33)18-27(34)43-24-10-1-6-21(16-24)8-4-14-41-31(36)37/h1-2,6-7,10-11,16-17,20,23H,3-5,8-9,12-15,18-19H2,(H2,29,30). The van der Waals surface area contributed by atoms with Gasteiger partial charge in [0.05, 0.1) is 19.6 Å². The van der Waals surface area contributed by atoms with Crippen molar-refractivity contribution >= 4 is 24.2 Å². The number of benzene rings is 2. The summed E-state index contributed by atoms with van der Waals surface area (Å²) in [5, 5.41) is 18.7. The van der Waals surface area contributed by atoms with Gasteiger partial charge in [0, 0.05) is 6.54 Å². The number of nitrogens with two attached hydrogens (primary N) is 1. The van der Waals surface area contributed by atoms with Crippen LogP contribution in [0.1, 0.15) is 49.7 Å². The van der Waals surface area contributed by atoms with E-state index in [1.807, 2.05) is 0 Å².